The highest BCUT2D eigenvalue weighted by atomic mass is 32.1. The van der Waals surface area contributed by atoms with Crippen molar-refractivity contribution >= 4 is 28.8 Å². The number of thiophene rings is 1. The Morgan fingerprint density at radius 2 is 1.86 bits per heavy atom. The summed E-state index contributed by atoms with van der Waals surface area (Å²) in [4.78, 5) is 29.1. The summed E-state index contributed by atoms with van der Waals surface area (Å²) < 4.78 is 11.3. The molecule has 1 N–H and O–H groups in total. The first-order chi connectivity index (χ1) is 16.9. The molecule has 1 fully saturated rings. The van der Waals surface area contributed by atoms with Crippen molar-refractivity contribution in [2.45, 2.75) is 39.3 Å². The van der Waals surface area contributed by atoms with Crippen LogP contribution in [-0.2, 0) is 16.1 Å². The molecule has 3 aromatic rings. The summed E-state index contributed by atoms with van der Waals surface area (Å²) >= 11 is 1.51. The lowest BCUT2D eigenvalue weighted by atomic mass is 9.92. The van der Waals surface area contributed by atoms with Crippen molar-refractivity contribution < 1.29 is 24.2 Å². The van der Waals surface area contributed by atoms with Gasteiger partial charge in [0.1, 0.15) is 17.3 Å². The van der Waals surface area contributed by atoms with E-state index < -0.39 is 17.7 Å². The van der Waals surface area contributed by atoms with Crippen molar-refractivity contribution in [2.24, 2.45) is 0 Å². The lowest BCUT2D eigenvalue weighted by Gasteiger charge is -2.26. The lowest BCUT2D eigenvalue weighted by Crippen LogP contribution is -2.29. The quantitative estimate of drug-likeness (QED) is 0.241. The number of ether oxygens (including phenoxy) is 2. The van der Waals surface area contributed by atoms with E-state index in [1.165, 1.54) is 16.2 Å². The number of nitrogens with zero attached hydrogens (tertiary/aromatic N) is 1. The number of methoxy groups -OCH3 is 1. The van der Waals surface area contributed by atoms with Gasteiger partial charge >= 0.3 is 0 Å². The van der Waals surface area contributed by atoms with Gasteiger partial charge in [-0.2, -0.15) is 0 Å². The van der Waals surface area contributed by atoms with E-state index in [-0.39, 0.29) is 23.8 Å². The molecule has 1 aliphatic heterocycles. The molecule has 35 heavy (non-hydrogen) atoms. The van der Waals surface area contributed by atoms with Gasteiger partial charge in [-0.3, -0.25) is 9.59 Å². The van der Waals surface area contributed by atoms with Crippen LogP contribution in [0.4, 0.5) is 0 Å². The van der Waals surface area contributed by atoms with E-state index in [1.54, 1.807) is 25.3 Å². The van der Waals surface area contributed by atoms with E-state index in [2.05, 4.69) is 0 Å². The fraction of sp³-hybridized carbons (Fsp3) is 0.286. The minimum atomic E-state index is -0.790. The Kier molecular flexibility index (Phi) is 7.26. The van der Waals surface area contributed by atoms with Crippen LogP contribution in [0, 0.1) is 0 Å². The van der Waals surface area contributed by atoms with Crippen LogP contribution in [0.5, 0.6) is 11.5 Å². The predicted molar refractivity (Wildman–Crippen MR) is 137 cm³/mol. The van der Waals surface area contributed by atoms with Gasteiger partial charge in [-0.15, -0.1) is 11.3 Å². The molecule has 0 bridgehead atoms. The third kappa shape index (κ3) is 4.68. The number of rotatable bonds is 8. The molecule has 0 saturated carbocycles. The molecule has 182 valence electrons. The number of likely N-dealkylation sites (tertiary alicyclic amines) is 1. The molecule has 0 aliphatic carbocycles. The Labute approximate surface area is 209 Å². The van der Waals surface area contributed by atoms with Crippen LogP contribution in [0.3, 0.4) is 0 Å². The van der Waals surface area contributed by atoms with Crippen molar-refractivity contribution in [1.82, 2.24) is 4.90 Å². The third-order valence-corrected chi connectivity index (χ3v) is 6.95. The normalized spacial score (nSPS) is 17.3. The average molecular weight is 492 g/mol. The smallest absolute Gasteiger partial charge is 0.295 e. The van der Waals surface area contributed by atoms with Gasteiger partial charge in [0, 0.05) is 16.0 Å². The summed E-state index contributed by atoms with van der Waals surface area (Å²) in [7, 11) is 1.55. The molecule has 0 radical (unpaired) electrons. The minimum absolute atomic E-state index is 0.0509. The minimum Gasteiger partial charge on any atom is -0.507 e. The molecule has 4 rings (SSSR count). The first-order valence-corrected chi connectivity index (χ1v) is 12.5. The van der Waals surface area contributed by atoms with Crippen LogP contribution < -0.4 is 9.47 Å². The number of benzene rings is 2. The second-order valence-corrected chi connectivity index (χ2v) is 9.62. The van der Waals surface area contributed by atoms with Crippen LogP contribution in [0.1, 0.15) is 54.3 Å². The number of carbonyl (C=O) groups is 2. The first-order valence-electron chi connectivity index (χ1n) is 11.6. The first kappa shape index (κ1) is 24.5. The number of carbonyl (C=O) groups excluding carboxylic acids is 2. The fourth-order valence-electron chi connectivity index (χ4n) is 4.42. The predicted octanol–water partition coefficient (Wildman–Crippen LogP) is 5.90. The summed E-state index contributed by atoms with van der Waals surface area (Å²) in [6.45, 7) is 6.77. The summed E-state index contributed by atoms with van der Waals surface area (Å²) in [6, 6.07) is 15.7. The van der Waals surface area contributed by atoms with Crippen LogP contribution >= 0.6 is 11.3 Å². The number of aliphatic hydroxyl groups is 1. The van der Waals surface area contributed by atoms with E-state index in [1.807, 2.05) is 62.5 Å². The number of aliphatic hydroxyl groups excluding tert-OH is 1. The molecule has 2 aromatic carbocycles. The maximum absolute atomic E-state index is 13.4. The number of amides is 1. The number of para-hydroxylation sites is 1. The van der Waals surface area contributed by atoms with Gasteiger partial charge in [0.25, 0.3) is 11.7 Å². The lowest BCUT2D eigenvalue weighted by molar-refractivity contribution is -0.140. The Balaban J connectivity index is 1.90. The van der Waals surface area contributed by atoms with Gasteiger partial charge in [0.2, 0.25) is 0 Å². The molecule has 1 aliphatic rings. The maximum Gasteiger partial charge on any atom is 0.295 e. The number of hydrogen-bond donors (Lipinski definition) is 1. The molecule has 7 heteroatoms. The molecule has 1 amide bonds. The third-order valence-electron chi connectivity index (χ3n) is 6.08. The molecule has 1 atom stereocenters. The average Bonchev–Trinajstić information content (AvgIpc) is 3.46. The molecule has 0 spiro atoms. The number of Topliss-reactive ketones (excluding diaryl/α,β-unsaturated/α-hetero) is 1. The standard InChI is InChI=1S/C28H29NO5S/c1-5-34-23-13-12-18(15-21(23)17(2)3)26(30)24-25(20-10-6-7-11-22(20)33-4)29(28(32)27(24)31)16-19-9-8-14-35-19/h6-15,17,25,30H,5,16H2,1-4H3/b26-24+. The summed E-state index contributed by atoms with van der Waals surface area (Å²) in [5.41, 5.74) is 2.07. The van der Waals surface area contributed by atoms with Crippen molar-refractivity contribution in [3.05, 3.63) is 87.1 Å². The Hall–Kier alpha value is -3.58. The van der Waals surface area contributed by atoms with Gasteiger partial charge in [-0.25, -0.2) is 0 Å². The van der Waals surface area contributed by atoms with E-state index >= 15 is 0 Å². The maximum atomic E-state index is 13.4. The van der Waals surface area contributed by atoms with Crippen LogP contribution in [0.15, 0.2) is 65.6 Å². The van der Waals surface area contributed by atoms with Gasteiger partial charge < -0.3 is 19.5 Å². The van der Waals surface area contributed by atoms with E-state index in [0.29, 0.717) is 23.5 Å². The van der Waals surface area contributed by atoms with E-state index in [9.17, 15) is 14.7 Å². The highest BCUT2D eigenvalue weighted by molar-refractivity contribution is 7.09. The number of ketones is 1. The Morgan fingerprint density at radius 3 is 2.51 bits per heavy atom. The van der Waals surface area contributed by atoms with Gasteiger partial charge in [0.15, 0.2) is 0 Å². The molecular formula is C28H29NO5S. The second-order valence-electron chi connectivity index (χ2n) is 8.59. The molecule has 6 nitrogen and oxygen atoms in total. The summed E-state index contributed by atoms with van der Waals surface area (Å²) in [5.74, 6) is -0.163. The number of hydrogen-bond acceptors (Lipinski definition) is 6. The second kappa shape index (κ2) is 10.4. The van der Waals surface area contributed by atoms with E-state index in [0.717, 1.165) is 16.2 Å². The zero-order chi connectivity index (χ0) is 25.1. The summed E-state index contributed by atoms with van der Waals surface area (Å²) in [6.07, 6.45) is 0. The zero-order valence-electron chi connectivity index (χ0n) is 20.3. The Bertz CT molecular complexity index is 1260. The van der Waals surface area contributed by atoms with Crippen molar-refractivity contribution in [3.63, 3.8) is 0 Å². The molecule has 1 unspecified atom stereocenters. The van der Waals surface area contributed by atoms with Gasteiger partial charge in [-0.1, -0.05) is 38.1 Å². The van der Waals surface area contributed by atoms with Gasteiger partial charge in [0.05, 0.1) is 31.9 Å². The zero-order valence-corrected chi connectivity index (χ0v) is 21.1. The van der Waals surface area contributed by atoms with Crippen molar-refractivity contribution in [3.8, 4) is 11.5 Å². The largest absolute Gasteiger partial charge is 0.507 e. The monoisotopic (exact) mass is 491 g/mol. The highest BCUT2D eigenvalue weighted by Crippen LogP contribution is 2.44. The van der Waals surface area contributed by atoms with Crippen LogP contribution in [-0.4, -0.2) is 35.4 Å². The van der Waals surface area contributed by atoms with Crippen LogP contribution in [0.2, 0.25) is 0 Å². The van der Waals surface area contributed by atoms with Gasteiger partial charge in [-0.05, 0) is 54.1 Å². The highest BCUT2D eigenvalue weighted by Gasteiger charge is 2.47. The Morgan fingerprint density at radius 1 is 1.09 bits per heavy atom. The summed E-state index contributed by atoms with van der Waals surface area (Å²) in [5, 5.41) is 13.4. The molecule has 1 aromatic heterocycles. The molecular weight excluding hydrogens is 462 g/mol. The van der Waals surface area contributed by atoms with Crippen molar-refractivity contribution in [2.75, 3.05) is 13.7 Å². The topological polar surface area (TPSA) is 76.1 Å². The molecule has 2 heterocycles. The van der Waals surface area contributed by atoms with Crippen LogP contribution in [0.25, 0.3) is 5.76 Å². The SMILES string of the molecule is CCOc1ccc(/C(O)=C2\C(=O)C(=O)N(Cc3cccs3)C2c2ccccc2OC)cc1C(C)C. The molecule has 1 saturated heterocycles. The van der Waals surface area contributed by atoms with Crippen molar-refractivity contribution in [1.29, 1.82) is 0 Å². The fourth-order valence-corrected chi connectivity index (χ4v) is 5.12. The van der Waals surface area contributed by atoms with E-state index in [4.69, 9.17) is 9.47 Å².